The van der Waals surface area contributed by atoms with Gasteiger partial charge in [-0.1, -0.05) is 39.0 Å². The van der Waals surface area contributed by atoms with E-state index < -0.39 is 5.54 Å². The summed E-state index contributed by atoms with van der Waals surface area (Å²) in [5.74, 6) is 0.673. The van der Waals surface area contributed by atoms with Crippen LogP contribution in [-0.4, -0.2) is 17.0 Å². The molecule has 3 heteroatoms. The highest BCUT2D eigenvalue weighted by atomic mass is 16.2. The van der Waals surface area contributed by atoms with E-state index in [0.29, 0.717) is 5.92 Å². The molecule has 0 aromatic rings. The Morgan fingerprint density at radius 2 is 1.83 bits per heavy atom. The maximum absolute atomic E-state index is 12.5. The van der Waals surface area contributed by atoms with Gasteiger partial charge in [0.05, 0.1) is 5.54 Å². The lowest BCUT2D eigenvalue weighted by molar-refractivity contribution is -0.130. The molecule has 0 saturated heterocycles. The maximum atomic E-state index is 12.5. The van der Waals surface area contributed by atoms with E-state index in [0.717, 1.165) is 32.1 Å². The Balaban J connectivity index is 1.97. The summed E-state index contributed by atoms with van der Waals surface area (Å²) in [7, 11) is 0. The molecule has 0 aromatic carbocycles. The van der Waals surface area contributed by atoms with Crippen LogP contribution in [0.3, 0.4) is 0 Å². The Labute approximate surface area is 111 Å². The Morgan fingerprint density at radius 3 is 2.44 bits per heavy atom. The summed E-state index contributed by atoms with van der Waals surface area (Å²) in [6.07, 6.45) is 9.94. The van der Waals surface area contributed by atoms with Crippen LogP contribution >= 0.6 is 0 Å². The molecule has 104 valence electrons. The average Bonchev–Trinajstić information content (AvgIpc) is 2.29. The molecular weight excluding hydrogens is 224 g/mol. The predicted molar refractivity (Wildman–Crippen MR) is 74.2 cm³/mol. The fourth-order valence-electron chi connectivity index (χ4n) is 3.65. The first-order valence-electron chi connectivity index (χ1n) is 7.55. The number of nitrogens with two attached hydrogens (primary N) is 1. The molecule has 0 aliphatic heterocycles. The van der Waals surface area contributed by atoms with Gasteiger partial charge in [0.1, 0.15) is 0 Å². The SMILES string of the molecule is CC1CCCC(N)(C(=O)NC2(C)CCCCC2)C1. The van der Waals surface area contributed by atoms with Crippen LogP contribution in [0.2, 0.25) is 0 Å². The standard InChI is InChI=1S/C15H28N2O/c1-12-7-6-10-15(16,11-12)13(18)17-14(2)8-4-3-5-9-14/h12H,3-11,16H2,1-2H3,(H,17,18). The first-order chi connectivity index (χ1) is 8.44. The molecule has 0 spiro atoms. The number of rotatable bonds is 2. The van der Waals surface area contributed by atoms with Crippen LogP contribution in [0.1, 0.15) is 71.6 Å². The van der Waals surface area contributed by atoms with Crippen LogP contribution < -0.4 is 11.1 Å². The number of hydrogen-bond donors (Lipinski definition) is 2. The minimum atomic E-state index is -0.613. The molecule has 0 heterocycles. The van der Waals surface area contributed by atoms with Crippen LogP contribution in [0.4, 0.5) is 0 Å². The van der Waals surface area contributed by atoms with Gasteiger partial charge in [-0.25, -0.2) is 0 Å². The Morgan fingerprint density at radius 1 is 1.17 bits per heavy atom. The van der Waals surface area contributed by atoms with Crippen molar-refractivity contribution < 1.29 is 4.79 Å². The zero-order valence-electron chi connectivity index (χ0n) is 11.9. The number of amides is 1. The lowest BCUT2D eigenvalue weighted by Crippen LogP contribution is -2.61. The molecule has 2 fully saturated rings. The van der Waals surface area contributed by atoms with Crippen molar-refractivity contribution in [3.05, 3.63) is 0 Å². The lowest BCUT2D eigenvalue weighted by atomic mass is 9.75. The van der Waals surface area contributed by atoms with Crippen molar-refractivity contribution in [2.75, 3.05) is 0 Å². The van der Waals surface area contributed by atoms with Gasteiger partial charge in [-0.2, -0.15) is 0 Å². The minimum absolute atomic E-state index is 0.0115. The molecule has 2 atom stereocenters. The molecule has 0 aromatic heterocycles. The fourth-order valence-corrected chi connectivity index (χ4v) is 3.65. The van der Waals surface area contributed by atoms with E-state index in [9.17, 15) is 4.79 Å². The summed E-state index contributed by atoms with van der Waals surface area (Å²) < 4.78 is 0. The van der Waals surface area contributed by atoms with Crippen LogP contribution in [0.15, 0.2) is 0 Å². The van der Waals surface area contributed by atoms with Crippen molar-refractivity contribution in [1.29, 1.82) is 0 Å². The molecule has 2 rings (SSSR count). The monoisotopic (exact) mass is 252 g/mol. The highest BCUT2D eigenvalue weighted by molar-refractivity contribution is 5.86. The highest BCUT2D eigenvalue weighted by Gasteiger charge is 2.41. The van der Waals surface area contributed by atoms with Crippen molar-refractivity contribution in [1.82, 2.24) is 5.32 Å². The van der Waals surface area contributed by atoms with Crippen LogP contribution in [-0.2, 0) is 4.79 Å². The normalized spacial score (nSPS) is 36.1. The molecule has 3 nitrogen and oxygen atoms in total. The van der Waals surface area contributed by atoms with Crippen molar-refractivity contribution in [2.45, 2.75) is 82.7 Å². The van der Waals surface area contributed by atoms with Gasteiger partial charge in [0, 0.05) is 5.54 Å². The first-order valence-corrected chi connectivity index (χ1v) is 7.55. The van der Waals surface area contributed by atoms with Gasteiger partial charge >= 0.3 is 0 Å². The van der Waals surface area contributed by atoms with E-state index in [4.69, 9.17) is 5.73 Å². The quantitative estimate of drug-likeness (QED) is 0.794. The third-order valence-corrected chi connectivity index (χ3v) is 4.86. The summed E-state index contributed by atoms with van der Waals surface area (Å²) >= 11 is 0. The zero-order valence-corrected chi connectivity index (χ0v) is 11.9. The van der Waals surface area contributed by atoms with Gasteiger partial charge in [-0.3, -0.25) is 4.79 Å². The van der Waals surface area contributed by atoms with Crippen molar-refractivity contribution in [2.24, 2.45) is 11.7 Å². The third-order valence-electron chi connectivity index (χ3n) is 4.86. The first kappa shape index (κ1) is 13.9. The maximum Gasteiger partial charge on any atom is 0.240 e. The number of hydrogen-bond acceptors (Lipinski definition) is 2. The van der Waals surface area contributed by atoms with E-state index in [-0.39, 0.29) is 11.4 Å². The second kappa shape index (κ2) is 5.20. The van der Waals surface area contributed by atoms with Crippen molar-refractivity contribution in [3.63, 3.8) is 0 Å². The second-order valence-corrected chi connectivity index (χ2v) is 6.93. The second-order valence-electron chi connectivity index (χ2n) is 6.93. The fraction of sp³-hybridized carbons (Fsp3) is 0.933. The summed E-state index contributed by atoms with van der Waals surface area (Å²) in [5.41, 5.74) is 5.73. The van der Waals surface area contributed by atoms with Gasteiger partial charge < -0.3 is 11.1 Å². The lowest BCUT2D eigenvalue weighted by Gasteiger charge is -2.41. The molecule has 2 unspecified atom stereocenters. The molecule has 2 aliphatic carbocycles. The topological polar surface area (TPSA) is 55.1 Å². The minimum Gasteiger partial charge on any atom is -0.349 e. The van der Waals surface area contributed by atoms with Gasteiger partial charge in [0.25, 0.3) is 0 Å². The third kappa shape index (κ3) is 3.05. The molecule has 0 bridgehead atoms. The predicted octanol–water partition coefficient (Wildman–Crippen LogP) is 2.73. The molecule has 3 N–H and O–H groups in total. The molecule has 2 saturated carbocycles. The van der Waals surface area contributed by atoms with E-state index in [2.05, 4.69) is 19.2 Å². The molecule has 18 heavy (non-hydrogen) atoms. The molecule has 2 aliphatic rings. The Kier molecular flexibility index (Phi) is 4.00. The summed E-state index contributed by atoms with van der Waals surface area (Å²) in [4.78, 5) is 12.5. The van der Waals surface area contributed by atoms with Crippen LogP contribution in [0.5, 0.6) is 0 Å². The van der Waals surface area contributed by atoms with Crippen molar-refractivity contribution in [3.8, 4) is 0 Å². The smallest absolute Gasteiger partial charge is 0.240 e. The van der Waals surface area contributed by atoms with E-state index >= 15 is 0 Å². The summed E-state index contributed by atoms with van der Waals surface area (Å²) in [6, 6.07) is 0. The number of nitrogens with one attached hydrogen (secondary N) is 1. The van der Waals surface area contributed by atoms with Crippen LogP contribution in [0, 0.1) is 5.92 Å². The van der Waals surface area contributed by atoms with Gasteiger partial charge in [0.15, 0.2) is 0 Å². The molecular formula is C15H28N2O. The Hall–Kier alpha value is -0.570. The largest absolute Gasteiger partial charge is 0.349 e. The highest BCUT2D eigenvalue weighted by Crippen LogP contribution is 2.33. The van der Waals surface area contributed by atoms with Crippen LogP contribution in [0.25, 0.3) is 0 Å². The van der Waals surface area contributed by atoms with Crippen molar-refractivity contribution >= 4 is 5.91 Å². The summed E-state index contributed by atoms with van der Waals surface area (Å²) in [5, 5.41) is 3.26. The Bertz CT molecular complexity index is 310. The molecule has 1 amide bonds. The van der Waals surface area contributed by atoms with Gasteiger partial charge in [-0.15, -0.1) is 0 Å². The summed E-state index contributed by atoms with van der Waals surface area (Å²) in [6.45, 7) is 4.38. The van der Waals surface area contributed by atoms with E-state index in [1.54, 1.807) is 0 Å². The van der Waals surface area contributed by atoms with Gasteiger partial charge in [0.2, 0.25) is 5.91 Å². The van der Waals surface area contributed by atoms with E-state index in [1.165, 1.54) is 25.7 Å². The average molecular weight is 252 g/mol. The molecule has 0 radical (unpaired) electrons. The zero-order chi connectivity index (χ0) is 13.2. The van der Waals surface area contributed by atoms with E-state index in [1.807, 2.05) is 0 Å². The number of carbonyl (C=O) groups excluding carboxylic acids is 1. The van der Waals surface area contributed by atoms with Gasteiger partial charge in [-0.05, 0) is 38.5 Å². The number of carbonyl (C=O) groups is 1.